The van der Waals surface area contributed by atoms with Crippen LogP contribution in [0.4, 0.5) is 0 Å². The van der Waals surface area contributed by atoms with Crippen LogP contribution < -0.4 is 0 Å². The Hall–Kier alpha value is -0.610. The molecule has 0 aromatic heterocycles. The van der Waals surface area contributed by atoms with Crippen LogP contribution >= 0.6 is 0 Å². The van der Waals surface area contributed by atoms with E-state index in [0.717, 1.165) is 39.0 Å². The van der Waals surface area contributed by atoms with Crippen molar-refractivity contribution < 1.29 is 14.6 Å². The minimum absolute atomic E-state index is 0.182. The Labute approximate surface area is 109 Å². The van der Waals surface area contributed by atoms with Gasteiger partial charge >= 0.3 is 5.97 Å². The van der Waals surface area contributed by atoms with Crippen molar-refractivity contribution in [3.8, 4) is 0 Å². The second-order valence-corrected chi connectivity index (χ2v) is 5.78. The molecule has 1 saturated carbocycles. The summed E-state index contributed by atoms with van der Waals surface area (Å²) < 4.78 is 5.56. The smallest absolute Gasteiger partial charge is 0.308 e. The Balaban J connectivity index is 2.06. The fraction of sp³-hybridized carbons (Fsp3) is 0.929. The van der Waals surface area contributed by atoms with Crippen molar-refractivity contribution >= 4 is 5.97 Å². The quantitative estimate of drug-likeness (QED) is 0.838. The van der Waals surface area contributed by atoms with Gasteiger partial charge in [-0.15, -0.1) is 0 Å². The largest absolute Gasteiger partial charge is 0.481 e. The van der Waals surface area contributed by atoms with E-state index in [9.17, 15) is 9.90 Å². The van der Waals surface area contributed by atoms with E-state index in [-0.39, 0.29) is 18.1 Å². The average Bonchev–Trinajstić information content (AvgIpc) is 2.38. The average molecular weight is 255 g/mol. The van der Waals surface area contributed by atoms with Crippen molar-refractivity contribution in [3.63, 3.8) is 0 Å². The fourth-order valence-corrected chi connectivity index (χ4v) is 3.44. The van der Waals surface area contributed by atoms with E-state index in [1.165, 1.54) is 6.42 Å². The summed E-state index contributed by atoms with van der Waals surface area (Å²) in [5.74, 6) is -0.101. The van der Waals surface area contributed by atoms with Crippen molar-refractivity contribution in [3.05, 3.63) is 0 Å². The van der Waals surface area contributed by atoms with Gasteiger partial charge in [-0.25, -0.2) is 0 Å². The zero-order valence-corrected chi connectivity index (χ0v) is 11.5. The standard InChI is InChI=1S/C14H25NO3/c1-3-11-4-5-12(14(16)17)13(8-11)15-6-7-18-10(2)9-15/h10-13H,3-9H2,1-2H3,(H,16,17). The second-order valence-electron chi connectivity index (χ2n) is 5.78. The Kier molecular flexibility index (Phi) is 4.62. The Morgan fingerprint density at radius 1 is 1.44 bits per heavy atom. The van der Waals surface area contributed by atoms with Crippen LogP contribution in [0, 0.1) is 11.8 Å². The van der Waals surface area contributed by atoms with E-state index in [2.05, 4.69) is 18.7 Å². The Bertz CT molecular complexity index is 295. The number of carboxylic acid groups (broad SMARTS) is 1. The van der Waals surface area contributed by atoms with E-state index in [4.69, 9.17) is 4.74 Å². The van der Waals surface area contributed by atoms with Gasteiger partial charge in [0, 0.05) is 19.1 Å². The predicted octanol–water partition coefficient (Wildman–Crippen LogP) is 1.99. The minimum atomic E-state index is -0.617. The maximum atomic E-state index is 11.4. The molecule has 2 rings (SSSR count). The third-order valence-corrected chi connectivity index (χ3v) is 4.56. The van der Waals surface area contributed by atoms with E-state index >= 15 is 0 Å². The molecule has 1 heterocycles. The normalized spacial score (nSPS) is 38.6. The monoisotopic (exact) mass is 255 g/mol. The van der Waals surface area contributed by atoms with Crippen molar-refractivity contribution in [2.45, 2.75) is 51.7 Å². The summed E-state index contributed by atoms with van der Waals surface area (Å²) in [4.78, 5) is 13.8. The van der Waals surface area contributed by atoms with Gasteiger partial charge in [0.1, 0.15) is 0 Å². The van der Waals surface area contributed by atoms with Gasteiger partial charge < -0.3 is 9.84 Å². The highest BCUT2D eigenvalue weighted by atomic mass is 16.5. The number of carboxylic acids is 1. The van der Waals surface area contributed by atoms with E-state index in [1.54, 1.807) is 0 Å². The molecular formula is C14H25NO3. The third kappa shape index (κ3) is 3.04. The molecule has 0 aromatic carbocycles. The number of aliphatic carboxylic acids is 1. The van der Waals surface area contributed by atoms with Crippen LogP contribution in [0.15, 0.2) is 0 Å². The van der Waals surface area contributed by atoms with E-state index in [0.29, 0.717) is 5.92 Å². The maximum absolute atomic E-state index is 11.4. The number of ether oxygens (including phenoxy) is 1. The first-order valence-electron chi connectivity index (χ1n) is 7.20. The zero-order chi connectivity index (χ0) is 13.1. The van der Waals surface area contributed by atoms with Crippen molar-refractivity contribution in [2.24, 2.45) is 11.8 Å². The lowest BCUT2D eigenvalue weighted by Crippen LogP contribution is -2.53. The van der Waals surface area contributed by atoms with Crippen LogP contribution in [0.1, 0.15) is 39.5 Å². The highest BCUT2D eigenvalue weighted by Crippen LogP contribution is 2.34. The lowest BCUT2D eigenvalue weighted by Gasteiger charge is -2.43. The molecule has 4 atom stereocenters. The molecule has 2 fully saturated rings. The van der Waals surface area contributed by atoms with Gasteiger partial charge in [-0.2, -0.15) is 0 Å². The van der Waals surface area contributed by atoms with E-state index in [1.807, 2.05) is 0 Å². The second kappa shape index (κ2) is 6.02. The molecule has 4 unspecified atom stereocenters. The number of hydrogen-bond acceptors (Lipinski definition) is 3. The third-order valence-electron chi connectivity index (χ3n) is 4.56. The molecule has 0 radical (unpaired) electrons. The van der Waals surface area contributed by atoms with Gasteiger partial charge in [-0.05, 0) is 32.1 Å². The SMILES string of the molecule is CCC1CCC(C(=O)O)C(N2CCOC(C)C2)C1. The van der Waals surface area contributed by atoms with Crippen LogP contribution in [-0.4, -0.2) is 47.8 Å². The summed E-state index contributed by atoms with van der Waals surface area (Å²) in [6, 6.07) is 0.215. The van der Waals surface area contributed by atoms with Crippen LogP contribution in [0.2, 0.25) is 0 Å². The molecule has 0 amide bonds. The lowest BCUT2D eigenvalue weighted by atomic mass is 9.76. The molecule has 1 aliphatic carbocycles. The molecular weight excluding hydrogens is 230 g/mol. The zero-order valence-electron chi connectivity index (χ0n) is 11.5. The van der Waals surface area contributed by atoms with Gasteiger partial charge in [-0.1, -0.05) is 13.3 Å². The molecule has 104 valence electrons. The highest BCUT2D eigenvalue weighted by Gasteiger charge is 2.39. The van der Waals surface area contributed by atoms with E-state index < -0.39 is 5.97 Å². The molecule has 1 saturated heterocycles. The summed E-state index contributed by atoms with van der Waals surface area (Å²) >= 11 is 0. The minimum Gasteiger partial charge on any atom is -0.481 e. The first kappa shape index (κ1) is 13.8. The summed E-state index contributed by atoms with van der Waals surface area (Å²) in [7, 11) is 0. The van der Waals surface area contributed by atoms with Crippen LogP contribution in [0.3, 0.4) is 0 Å². The molecule has 2 aliphatic rings. The van der Waals surface area contributed by atoms with Gasteiger partial charge in [-0.3, -0.25) is 9.69 Å². The number of rotatable bonds is 3. The fourth-order valence-electron chi connectivity index (χ4n) is 3.44. The van der Waals surface area contributed by atoms with Crippen LogP contribution in [-0.2, 0) is 9.53 Å². The summed E-state index contributed by atoms with van der Waals surface area (Å²) in [5, 5.41) is 9.41. The van der Waals surface area contributed by atoms with Gasteiger partial charge in [0.05, 0.1) is 18.6 Å². The maximum Gasteiger partial charge on any atom is 0.308 e. The predicted molar refractivity (Wildman–Crippen MR) is 69.5 cm³/mol. The van der Waals surface area contributed by atoms with Crippen LogP contribution in [0.5, 0.6) is 0 Å². The number of hydrogen-bond donors (Lipinski definition) is 1. The number of nitrogens with zero attached hydrogens (tertiary/aromatic N) is 1. The number of morpholine rings is 1. The molecule has 0 aromatic rings. The first-order valence-corrected chi connectivity index (χ1v) is 7.20. The van der Waals surface area contributed by atoms with Crippen molar-refractivity contribution in [1.29, 1.82) is 0 Å². The molecule has 0 bridgehead atoms. The van der Waals surface area contributed by atoms with Gasteiger partial charge in [0.25, 0.3) is 0 Å². The molecule has 4 nitrogen and oxygen atoms in total. The summed E-state index contributed by atoms with van der Waals surface area (Å²) in [6.45, 7) is 6.79. The molecule has 1 aliphatic heterocycles. The Morgan fingerprint density at radius 3 is 2.83 bits per heavy atom. The summed E-state index contributed by atoms with van der Waals surface area (Å²) in [5.41, 5.74) is 0. The molecule has 1 N–H and O–H groups in total. The molecule has 0 spiro atoms. The van der Waals surface area contributed by atoms with Gasteiger partial charge in [0.15, 0.2) is 0 Å². The van der Waals surface area contributed by atoms with Crippen LogP contribution in [0.25, 0.3) is 0 Å². The molecule has 4 heteroatoms. The molecule has 18 heavy (non-hydrogen) atoms. The van der Waals surface area contributed by atoms with Crippen molar-refractivity contribution in [1.82, 2.24) is 4.90 Å². The summed E-state index contributed by atoms with van der Waals surface area (Å²) in [6.07, 6.45) is 4.35. The highest BCUT2D eigenvalue weighted by molar-refractivity contribution is 5.71. The Morgan fingerprint density at radius 2 is 2.22 bits per heavy atom. The van der Waals surface area contributed by atoms with Gasteiger partial charge in [0.2, 0.25) is 0 Å². The van der Waals surface area contributed by atoms with Crippen molar-refractivity contribution in [2.75, 3.05) is 19.7 Å². The topological polar surface area (TPSA) is 49.8 Å². The number of carbonyl (C=O) groups is 1. The first-order chi connectivity index (χ1) is 8.61. The lowest BCUT2D eigenvalue weighted by molar-refractivity contribution is -0.148.